The third-order valence-electron chi connectivity index (χ3n) is 3.46. The fraction of sp³-hybridized carbons (Fsp3) is 0.700. The van der Waals surface area contributed by atoms with Gasteiger partial charge in [0.05, 0.1) is 0 Å². The van der Waals surface area contributed by atoms with Gasteiger partial charge in [-0.15, -0.1) is 0 Å². The van der Waals surface area contributed by atoms with Crippen LogP contribution in [0, 0.1) is 0 Å². The maximum atomic E-state index is 12.2. The SMILES string of the molecule is CN1C(=O)N(CC(=O)O)C(=O)[C@]12CCCNC2. The van der Waals surface area contributed by atoms with E-state index in [-0.39, 0.29) is 0 Å². The smallest absolute Gasteiger partial charge is 0.328 e. The number of rotatable bonds is 2. The fourth-order valence-corrected chi connectivity index (χ4v) is 2.48. The van der Waals surface area contributed by atoms with Gasteiger partial charge in [-0.2, -0.15) is 0 Å². The lowest BCUT2D eigenvalue weighted by molar-refractivity contribution is -0.143. The number of hydrogen-bond donors (Lipinski definition) is 2. The number of carbonyl (C=O) groups is 3. The Bertz CT molecular complexity index is 376. The molecule has 7 heteroatoms. The molecule has 2 N–H and O–H groups in total. The Morgan fingerprint density at radius 3 is 2.76 bits per heavy atom. The lowest BCUT2D eigenvalue weighted by Gasteiger charge is -2.36. The number of carboxylic acids is 1. The van der Waals surface area contributed by atoms with Crippen molar-refractivity contribution in [2.45, 2.75) is 18.4 Å². The molecule has 2 saturated heterocycles. The molecule has 2 heterocycles. The maximum Gasteiger partial charge on any atom is 0.328 e. The van der Waals surface area contributed by atoms with Crippen LogP contribution in [0.25, 0.3) is 0 Å². The topological polar surface area (TPSA) is 90.0 Å². The summed E-state index contributed by atoms with van der Waals surface area (Å²) in [5, 5.41) is 11.8. The molecule has 0 bridgehead atoms. The van der Waals surface area contributed by atoms with Gasteiger partial charge in [-0.1, -0.05) is 0 Å². The molecule has 2 aliphatic rings. The van der Waals surface area contributed by atoms with Crippen molar-refractivity contribution in [2.24, 2.45) is 0 Å². The molecule has 2 fully saturated rings. The van der Waals surface area contributed by atoms with Gasteiger partial charge in [0.2, 0.25) is 0 Å². The molecule has 0 aromatic rings. The van der Waals surface area contributed by atoms with Crippen molar-refractivity contribution in [1.82, 2.24) is 15.1 Å². The zero-order valence-corrected chi connectivity index (χ0v) is 9.60. The van der Waals surface area contributed by atoms with Crippen molar-refractivity contribution in [3.63, 3.8) is 0 Å². The largest absolute Gasteiger partial charge is 0.480 e. The van der Waals surface area contributed by atoms with Crippen molar-refractivity contribution < 1.29 is 19.5 Å². The Hall–Kier alpha value is -1.63. The second kappa shape index (κ2) is 3.99. The molecule has 0 unspecified atom stereocenters. The van der Waals surface area contributed by atoms with E-state index in [1.165, 1.54) is 4.90 Å². The average molecular weight is 241 g/mol. The van der Waals surface area contributed by atoms with Gasteiger partial charge in [0, 0.05) is 13.6 Å². The number of carboxylic acid groups (broad SMARTS) is 1. The van der Waals surface area contributed by atoms with E-state index >= 15 is 0 Å². The predicted octanol–water partition coefficient (Wildman–Crippen LogP) is -0.913. The lowest BCUT2D eigenvalue weighted by Crippen LogP contribution is -2.57. The van der Waals surface area contributed by atoms with Gasteiger partial charge in [-0.05, 0) is 19.4 Å². The Balaban J connectivity index is 2.27. The highest BCUT2D eigenvalue weighted by Gasteiger charge is 2.56. The first kappa shape index (κ1) is 11.8. The first-order chi connectivity index (χ1) is 7.99. The van der Waals surface area contributed by atoms with Gasteiger partial charge in [0.15, 0.2) is 0 Å². The molecule has 2 aliphatic heterocycles. The molecule has 0 aromatic carbocycles. The van der Waals surface area contributed by atoms with Gasteiger partial charge in [0.1, 0.15) is 12.1 Å². The number of aliphatic carboxylic acids is 1. The molecule has 3 amide bonds. The average Bonchev–Trinajstić information content (AvgIpc) is 2.47. The number of hydrogen-bond acceptors (Lipinski definition) is 4. The summed E-state index contributed by atoms with van der Waals surface area (Å²) in [5.74, 6) is -1.58. The van der Waals surface area contributed by atoms with Crippen molar-refractivity contribution >= 4 is 17.9 Å². The molecule has 0 saturated carbocycles. The lowest BCUT2D eigenvalue weighted by atomic mass is 9.89. The van der Waals surface area contributed by atoms with Crippen LogP contribution in [0.5, 0.6) is 0 Å². The number of urea groups is 1. The van der Waals surface area contributed by atoms with Crippen LogP contribution < -0.4 is 5.32 Å². The standard InChI is InChI=1S/C10H15N3O4/c1-12-9(17)13(5-7(14)15)8(16)10(12)3-2-4-11-6-10/h11H,2-6H2,1H3,(H,14,15)/t10-/m1/s1. The Morgan fingerprint density at radius 2 is 2.24 bits per heavy atom. The number of amides is 3. The van der Waals surface area contributed by atoms with Gasteiger partial charge in [0.25, 0.3) is 5.91 Å². The summed E-state index contributed by atoms with van der Waals surface area (Å²) in [6, 6.07) is -0.527. The van der Waals surface area contributed by atoms with Crippen LogP contribution in [-0.2, 0) is 9.59 Å². The van der Waals surface area contributed by atoms with Crippen molar-refractivity contribution in [2.75, 3.05) is 26.7 Å². The number of nitrogens with zero attached hydrogens (tertiary/aromatic N) is 2. The van der Waals surface area contributed by atoms with Crippen LogP contribution in [0.15, 0.2) is 0 Å². The predicted molar refractivity (Wildman–Crippen MR) is 57.3 cm³/mol. The van der Waals surface area contributed by atoms with E-state index in [1.54, 1.807) is 7.05 Å². The minimum Gasteiger partial charge on any atom is -0.480 e. The fourth-order valence-electron chi connectivity index (χ4n) is 2.48. The molecule has 17 heavy (non-hydrogen) atoms. The maximum absolute atomic E-state index is 12.2. The van der Waals surface area contributed by atoms with E-state index in [2.05, 4.69) is 5.32 Å². The number of imide groups is 1. The van der Waals surface area contributed by atoms with Gasteiger partial charge >= 0.3 is 12.0 Å². The minimum atomic E-state index is -1.18. The van der Waals surface area contributed by atoms with Gasteiger partial charge in [-0.3, -0.25) is 14.5 Å². The van der Waals surface area contributed by atoms with Crippen molar-refractivity contribution in [3.05, 3.63) is 0 Å². The Labute approximate surface area is 98.4 Å². The molecular formula is C10H15N3O4. The molecule has 1 atom stereocenters. The molecular weight excluding hydrogens is 226 g/mol. The van der Waals surface area contributed by atoms with E-state index < -0.39 is 30.0 Å². The van der Waals surface area contributed by atoms with E-state index in [4.69, 9.17) is 5.11 Å². The molecule has 0 aliphatic carbocycles. The second-order valence-electron chi connectivity index (χ2n) is 4.44. The highest BCUT2D eigenvalue weighted by molar-refractivity contribution is 6.08. The first-order valence-corrected chi connectivity index (χ1v) is 5.51. The number of nitrogens with one attached hydrogen (secondary N) is 1. The zero-order chi connectivity index (χ0) is 12.6. The minimum absolute atomic E-state index is 0.393. The number of piperidine rings is 1. The van der Waals surface area contributed by atoms with Crippen molar-refractivity contribution in [1.29, 1.82) is 0 Å². The first-order valence-electron chi connectivity index (χ1n) is 5.51. The molecule has 0 radical (unpaired) electrons. The summed E-state index contributed by atoms with van der Waals surface area (Å²) >= 11 is 0. The molecule has 94 valence electrons. The zero-order valence-electron chi connectivity index (χ0n) is 9.60. The number of likely N-dealkylation sites (N-methyl/N-ethyl adjacent to an activating group) is 1. The molecule has 1 spiro atoms. The van der Waals surface area contributed by atoms with Gasteiger partial charge < -0.3 is 15.3 Å². The summed E-state index contributed by atoms with van der Waals surface area (Å²) in [4.78, 5) is 36.9. The third-order valence-corrected chi connectivity index (χ3v) is 3.46. The third kappa shape index (κ3) is 1.66. The van der Waals surface area contributed by atoms with Crippen molar-refractivity contribution in [3.8, 4) is 0 Å². The van der Waals surface area contributed by atoms with Gasteiger partial charge in [-0.25, -0.2) is 4.79 Å². The van der Waals surface area contributed by atoms with E-state index in [9.17, 15) is 14.4 Å². The van der Waals surface area contributed by atoms with E-state index in [1.807, 2.05) is 0 Å². The highest BCUT2D eigenvalue weighted by Crippen LogP contribution is 2.32. The summed E-state index contributed by atoms with van der Waals surface area (Å²) < 4.78 is 0. The van der Waals surface area contributed by atoms with E-state index in [0.717, 1.165) is 17.9 Å². The Kier molecular flexibility index (Phi) is 2.78. The summed E-state index contributed by atoms with van der Waals surface area (Å²) in [6.45, 7) is 0.643. The van der Waals surface area contributed by atoms with Crippen LogP contribution in [0.4, 0.5) is 4.79 Å². The summed E-state index contributed by atoms with van der Waals surface area (Å²) in [5.41, 5.74) is -0.884. The highest BCUT2D eigenvalue weighted by atomic mass is 16.4. The second-order valence-corrected chi connectivity index (χ2v) is 4.44. The summed E-state index contributed by atoms with van der Waals surface area (Å²) in [6.07, 6.45) is 1.38. The molecule has 0 aromatic heterocycles. The quantitative estimate of drug-likeness (QED) is 0.611. The van der Waals surface area contributed by atoms with Crippen LogP contribution in [0.3, 0.4) is 0 Å². The monoisotopic (exact) mass is 241 g/mol. The van der Waals surface area contributed by atoms with E-state index in [0.29, 0.717) is 13.0 Å². The number of carbonyl (C=O) groups excluding carboxylic acids is 2. The summed E-state index contributed by atoms with van der Waals surface area (Å²) in [7, 11) is 1.55. The van der Waals surface area contributed by atoms with Crippen LogP contribution in [-0.4, -0.2) is 65.0 Å². The molecule has 2 rings (SSSR count). The van der Waals surface area contributed by atoms with Crippen LogP contribution >= 0.6 is 0 Å². The van der Waals surface area contributed by atoms with Crippen LogP contribution in [0.1, 0.15) is 12.8 Å². The normalized spacial score (nSPS) is 29.2. The Morgan fingerprint density at radius 1 is 1.53 bits per heavy atom. The van der Waals surface area contributed by atoms with Crippen LogP contribution in [0.2, 0.25) is 0 Å². The molecule has 7 nitrogen and oxygen atoms in total.